The molecular weight excluding hydrogens is 402 g/mol. The Bertz CT molecular complexity index is 1070. The standard InChI is InChI=1S/C22H19N3O2S2/c1-16-15-28-22(24-16)25-21-20(27-14-17-8-4-2-5-9-17)12-19(13-23-21)29(26)18-10-6-3-7-11-18/h2-13,15H,14H2,1H3,(H,23,24,25). The summed E-state index contributed by atoms with van der Waals surface area (Å²) in [5.74, 6) is 1.08. The molecule has 0 aliphatic rings. The van der Waals surface area contributed by atoms with Crippen molar-refractivity contribution in [3.05, 3.63) is 89.6 Å². The molecule has 1 atom stereocenters. The van der Waals surface area contributed by atoms with Crippen LogP contribution in [0.25, 0.3) is 0 Å². The van der Waals surface area contributed by atoms with E-state index in [1.165, 1.54) is 11.3 Å². The molecular formula is C22H19N3O2S2. The number of rotatable bonds is 7. The van der Waals surface area contributed by atoms with Crippen LogP contribution in [-0.2, 0) is 17.8 Å². The van der Waals surface area contributed by atoms with Crippen LogP contribution in [0.4, 0.5) is 10.9 Å². The molecule has 4 rings (SSSR count). The highest BCUT2D eigenvalue weighted by molar-refractivity contribution is 7.91. The minimum atomic E-state index is -1.34. The maximum absolute atomic E-state index is 12.9. The predicted molar refractivity (Wildman–Crippen MR) is 116 cm³/mol. The van der Waals surface area contributed by atoms with Gasteiger partial charge in [-0.25, -0.2) is 9.97 Å². The topological polar surface area (TPSA) is 70.1 Å². The van der Waals surface area contributed by atoms with Crippen LogP contribution in [0.3, 0.4) is 0 Å². The summed E-state index contributed by atoms with van der Waals surface area (Å²) < 4.78 is 19.0. The van der Waals surface area contributed by atoms with E-state index in [0.29, 0.717) is 23.1 Å². The minimum absolute atomic E-state index is 0.384. The van der Waals surface area contributed by atoms with Gasteiger partial charge in [0.05, 0.1) is 11.9 Å². The first-order valence-corrected chi connectivity index (χ1v) is 11.0. The fourth-order valence-electron chi connectivity index (χ4n) is 2.66. The lowest BCUT2D eigenvalue weighted by atomic mass is 10.2. The lowest BCUT2D eigenvalue weighted by Gasteiger charge is -2.14. The monoisotopic (exact) mass is 421 g/mol. The molecule has 1 unspecified atom stereocenters. The van der Waals surface area contributed by atoms with E-state index < -0.39 is 11.2 Å². The summed E-state index contributed by atoms with van der Waals surface area (Å²) in [6, 6.07) is 21.0. The number of ether oxygens (including phenoxy) is 1. The summed E-state index contributed by atoms with van der Waals surface area (Å²) in [5, 5.41) is 5.90. The van der Waals surface area contributed by atoms with E-state index in [2.05, 4.69) is 15.3 Å². The van der Waals surface area contributed by atoms with Gasteiger partial charge in [-0.15, -0.1) is 11.3 Å². The van der Waals surface area contributed by atoms with Crippen LogP contribution < -0.4 is 10.1 Å². The average Bonchev–Trinajstić information content (AvgIpc) is 3.18. The maximum atomic E-state index is 12.9. The Hall–Kier alpha value is -2.87. The SMILES string of the molecule is Cc1csc(Nc2ncc([S+]([O-])c3ccccc3)cc2OCc2ccccc2)n1. The van der Waals surface area contributed by atoms with Crippen LogP contribution in [0.5, 0.6) is 5.75 Å². The summed E-state index contributed by atoms with van der Waals surface area (Å²) in [7, 11) is 0. The Balaban J connectivity index is 1.62. The zero-order valence-corrected chi connectivity index (χ0v) is 17.4. The van der Waals surface area contributed by atoms with Crippen molar-refractivity contribution in [1.29, 1.82) is 0 Å². The maximum Gasteiger partial charge on any atom is 0.188 e. The van der Waals surface area contributed by atoms with Gasteiger partial charge in [0.2, 0.25) is 0 Å². The Morgan fingerprint density at radius 3 is 2.45 bits per heavy atom. The van der Waals surface area contributed by atoms with Gasteiger partial charge >= 0.3 is 0 Å². The zero-order chi connectivity index (χ0) is 20.1. The molecule has 0 radical (unpaired) electrons. The lowest BCUT2D eigenvalue weighted by molar-refractivity contribution is 0.306. The van der Waals surface area contributed by atoms with Crippen LogP contribution >= 0.6 is 11.3 Å². The number of hydrogen-bond acceptors (Lipinski definition) is 6. The van der Waals surface area contributed by atoms with Crippen LogP contribution in [-0.4, -0.2) is 14.5 Å². The number of pyridine rings is 1. The molecule has 2 heterocycles. The molecule has 29 heavy (non-hydrogen) atoms. The second-order valence-electron chi connectivity index (χ2n) is 6.29. The van der Waals surface area contributed by atoms with Gasteiger partial charge in [0.15, 0.2) is 26.5 Å². The molecule has 2 aromatic heterocycles. The van der Waals surface area contributed by atoms with E-state index in [1.807, 2.05) is 73.0 Å². The summed E-state index contributed by atoms with van der Waals surface area (Å²) >= 11 is 0.158. The molecule has 2 aromatic carbocycles. The van der Waals surface area contributed by atoms with Gasteiger partial charge in [-0.3, -0.25) is 0 Å². The van der Waals surface area contributed by atoms with Crippen LogP contribution in [0.1, 0.15) is 11.3 Å². The summed E-state index contributed by atoms with van der Waals surface area (Å²) in [6.45, 7) is 2.32. The molecule has 0 saturated heterocycles. The molecule has 1 N–H and O–H groups in total. The van der Waals surface area contributed by atoms with E-state index in [4.69, 9.17) is 4.74 Å². The fourth-order valence-corrected chi connectivity index (χ4v) is 4.39. The van der Waals surface area contributed by atoms with Crippen molar-refractivity contribution < 1.29 is 9.29 Å². The zero-order valence-electron chi connectivity index (χ0n) is 15.7. The smallest absolute Gasteiger partial charge is 0.188 e. The molecule has 146 valence electrons. The van der Waals surface area contributed by atoms with Gasteiger partial charge in [-0.2, -0.15) is 0 Å². The highest BCUT2D eigenvalue weighted by atomic mass is 32.2. The molecule has 0 aliphatic heterocycles. The summed E-state index contributed by atoms with van der Waals surface area (Å²) in [6.07, 6.45) is 1.61. The van der Waals surface area contributed by atoms with Crippen LogP contribution in [0.15, 0.2) is 88.1 Å². The van der Waals surface area contributed by atoms with Gasteiger partial charge in [-0.05, 0) is 24.6 Å². The van der Waals surface area contributed by atoms with E-state index in [-0.39, 0.29) is 0 Å². The van der Waals surface area contributed by atoms with Gasteiger partial charge in [0.1, 0.15) is 6.61 Å². The first-order chi connectivity index (χ1) is 14.2. The molecule has 0 saturated carbocycles. The second kappa shape index (κ2) is 9.09. The number of nitrogens with one attached hydrogen (secondary N) is 1. The second-order valence-corrected chi connectivity index (χ2v) is 8.63. The van der Waals surface area contributed by atoms with Crippen molar-refractivity contribution >= 4 is 33.5 Å². The molecule has 4 aromatic rings. The first kappa shape index (κ1) is 19.4. The highest BCUT2D eigenvalue weighted by Gasteiger charge is 2.19. The Kier molecular flexibility index (Phi) is 6.09. The van der Waals surface area contributed by atoms with E-state index in [9.17, 15) is 4.55 Å². The largest absolute Gasteiger partial charge is 0.606 e. The molecule has 0 fully saturated rings. The van der Waals surface area contributed by atoms with E-state index >= 15 is 0 Å². The molecule has 0 spiro atoms. The average molecular weight is 422 g/mol. The number of aromatic nitrogens is 2. The normalized spacial score (nSPS) is 11.8. The predicted octanol–water partition coefficient (Wildman–Crippen LogP) is 5.34. The minimum Gasteiger partial charge on any atom is -0.606 e. The van der Waals surface area contributed by atoms with Crippen molar-refractivity contribution in [3.63, 3.8) is 0 Å². The third-order valence-electron chi connectivity index (χ3n) is 4.08. The number of benzene rings is 2. The van der Waals surface area contributed by atoms with E-state index in [0.717, 1.165) is 21.3 Å². The van der Waals surface area contributed by atoms with Crippen molar-refractivity contribution in [3.8, 4) is 5.75 Å². The Morgan fingerprint density at radius 1 is 1.03 bits per heavy atom. The molecule has 0 aliphatic carbocycles. The number of thiazole rings is 1. The van der Waals surface area contributed by atoms with Crippen molar-refractivity contribution in [2.75, 3.05) is 5.32 Å². The van der Waals surface area contributed by atoms with Crippen molar-refractivity contribution in [2.45, 2.75) is 23.3 Å². The quantitative estimate of drug-likeness (QED) is 0.408. The van der Waals surface area contributed by atoms with Crippen molar-refractivity contribution in [2.24, 2.45) is 0 Å². The Morgan fingerprint density at radius 2 is 1.76 bits per heavy atom. The van der Waals surface area contributed by atoms with Crippen LogP contribution in [0, 0.1) is 6.92 Å². The summed E-state index contributed by atoms with van der Waals surface area (Å²) in [4.78, 5) is 10.2. The molecule has 5 nitrogen and oxygen atoms in total. The molecule has 7 heteroatoms. The molecule has 0 amide bonds. The lowest BCUT2D eigenvalue weighted by Crippen LogP contribution is -2.06. The highest BCUT2D eigenvalue weighted by Crippen LogP contribution is 2.32. The third kappa shape index (κ3) is 4.95. The third-order valence-corrected chi connectivity index (χ3v) is 6.31. The number of nitrogens with zero attached hydrogens (tertiary/aromatic N) is 2. The van der Waals surface area contributed by atoms with Gasteiger partial charge in [0.25, 0.3) is 0 Å². The molecule has 0 bridgehead atoms. The van der Waals surface area contributed by atoms with Crippen molar-refractivity contribution in [1.82, 2.24) is 9.97 Å². The first-order valence-electron chi connectivity index (χ1n) is 9.02. The number of hydrogen-bond donors (Lipinski definition) is 1. The number of anilines is 2. The number of aryl methyl sites for hydroxylation is 1. The van der Waals surface area contributed by atoms with Gasteiger partial charge in [0, 0.05) is 22.6 Å². The summed E-state index contributed by atoms with van der Waals surface area (Å²) in [5.41, 5.74) is 1.98. The Labute approximate surface area is 176 Å². The van der Waals surface area contributed by atoms with Gasteiger partial charge < -0.3 is 14.6 Å². The fraction of sp³-hybridized carbons (Fsp3) is 0.0909. The van der Waals surface area contributed by atoms with Gasteiger partial charge in [-0.1, -0.05) is 48.5 Å². The van der Waals surface area contributed by atoms with Crippen LogP contribution in [0.2, 0.25) is 0 Å². The van der Waals surface area contributed by atoms with E-state index in [1.54, 1.807) is 12.3 Å².